The van der Waals surface area contributed by atoms with E-state index in [-0.39, 0.29) is 6.03 Å². The highest BCUT2D eigenvalue weighted by Gasteiger charge is 2.01. The first-order chi connectivity index (χ1) is 7.99. The SMILES string of the molecule is C/C(=C\NC(=O)Nc1ccc(C)cn1)C(C)C. The van der Waals surface area contributed by atoms with Crippen LogP contribution in [-0.2, 0) is 0 Å². The lowest BCUT2D eigenvalue weighted by atomic mass is 10.1. The Balaban J connectivity index is 2.50. The average Bonchev–Trinajstić information content (AvgIpc) is 2.29. The molecule has 4 heteroatoms. The molecule has 0 radical (unpaired) electrons. The fourth-order valence-corrected chi connectivity index (χ4v) is 1.04. The second kappa shape index (κ2) is 6.03. The second-order valence-electron chi connectivity index (χ2n) is 4.36. The van der Waals surface area contributed by atoms with Gasteiger partial charge in [-0.25, -0.2) is 9.78 Å². The normalized spacial score (nSPS) is 11.5. The molecule has 0 aromatic carbocycles. The predicted molar refractivity (Wildman–Crippen MR) is 69.7 cm³/mol. The Hall–Kier alpha value is -1.84. The minimum absolute atomic E-state index is 0.277. The summed E-state index contributed by atoms with van der Waals surface area (Å²) in [6, 6.07) is 3.40. The first-order valence-electron chi connectivity index (χ1n) is 5.66. The van der Waals surface area contributed by atoms with E-state index in [0.717, 1.165) is 11.1 Å². The van der Waals surface area contributed by atoms with Gasteiger partial charge in [0.25, 0.3) is 0 Å². The van der Waals surface area contributed by atoms with Gasteiger partial charge in [0.05, 0.1) is 0 Å². The van der Waals surface area contributed by atoms with Gasteiger partial charge in [-0.2, -0.15) is 0 Å². The van der Waals surface area contributed by atoms with E-state index in [0.29, 0.717) is 11.7 Å². The lowest BCUT2D eigenvalue weighted by molar-refractivity contribution is 0.255. The van der Waals surface area contributed by atoms with E-state index in [2.05, 4.69) is 29.5 Å². The van der Waals surface area contributed by atoms with Gasteiger partial charge in [-0.3, -0.25) is 5.32 Å². The highest BCUT2D eigenvalue weighted by molar-refractivity contribution is 5.88. The van der Waals surface area contributed by atoms with E-state index in [1.807, 2.05) is 19.9 Å². The molecule has 92 valence electrons. The molecule has 0 saturated carbocycles. The van der Waals surface area contributed by atoms with Gasteiger partial charge in [-0.1, -0.05) is 25.5 Å². The summed E-state index contributed by atoms with van der Waals surface area (Å²) in [5.41, 5.74) is 2.18. The molecule has 1 heterocycles. The Bertz CT molecular complexity index is 407. The van der Waals surface area contributed by atoms with Gasteiger partial charge < -0.3 is 5.32 Å². The van der Waals surface area contributed by atoms with Crippen LogP contribution < -0.4 is 10.6 Å². The Morgan fingerprint density at radius 3 is 2.65 bits per heavy atom. The molecule has 1 aromatic heterocycles. The number of carbonyl (C=O) groups is 1. The topological polar surface area (TPSA) is 54.0 Å². The number of nitrogens with one attached hydrogen (secondary N) is 2. The number of rotatable bonds is 3. The molecule has 2 N–H and O–H groups in total. The maximum Gasteiger partial charge on any atom is 0.324 e. The molecule has 0 aliphatic carbocycles. The third kappa shape index (κ3) is 4.68. The molecule has 0 unspecified atom stereocenters. The molecule has 0 fully saturated rings. The number of aryl methyl sites for hydroxylation is 1. The number of allylic oxidation sites excluding steroid dienone is 1. The summed E-state index contributed by atoms with van der Waals surface area (Å²) >= 11 is 0. The molecule has 2 amide bonds. The molecular formula is C13H19N3O. The summed E-state index contributed by atoms with van der Waals surface area (Å²) in [4.78, 5) is 15.6. The van der Waals surface area contributed by atoms with Crippen molar-refractivity contribution in [1.29, 1.82) is 0 Å². The van der Waals surface area contributed by atoms with Crippen molar-refractivity contribution in [2.45, 2.75) is 27.7 Å². The molecule has 17 heavy (non-hydrogen) atoms. The van der Waals surface area contributed by atoms with Crippen molar-refractivity contribution in [3.63, 3.8) is 0 Å². The molecular weight excluding hydrogens is 214 g/mol. The van der Waals surface area contributed by atoms with Gasteiger partial charge in [0.1, 0.15) is 5.82 Å². The lowest BCUT2D eigenvalue weighted by Gasteiger charge is -2.07. The Labute approximate surface area is 102 Å². The number of anilines is 1. The predicted octanol–water partition coefficient (Wildman–Crippen LogP) is 3.07. The summed E-state index contributed by atoms with van der Waals surface area (Å²) in [6.07, 6.45) is 3.43. The molecule has 0 atom stereocenters. The standard InChI is InChI=1S/C13H19N3O/c1-9(2)11(4)8-15-13(17)16-12-6-5-10(3)7-14-12/h5-9H,1-4H3,(H2,14,15,16,17)/b11-8+. The van der Waals surface area contributed by atoms with Crippen LogP contribution >= 0.6 is 0 Å². The molecule has 0 aliphatic heterocycles. The summed E-state index contributed by atoms with van der Waals surface area (Å²) in [5, 5.41) is 5.33. The van der Waals surface area contributed by atoms with Crippen LogP contribution in [0.25, 0.3) is 0 Å². The van der Waals surface area contributed by atoms with Crippen molar-refractivity contribution in [3.05, 3.63) is 35.7 Å². The highest BCUT2D eigenvalue weighted by Crippen LogP contribution is 2.06. The number of amides is 2. The summed E-state index contributed by atoms with van der Waals surface area (Å²) < 4.78 is 0. The highest BCUT2D eigenvalue weighted by atomic mass is 16.2. The number of nitrogens with zero attached hydrogens (tertiary/aromatic N) is 1. The van der Waals surface area contributed by atoms with Gasteiger partial charge in [-0.05, 0) is 31.4 Å². The lowest BCUT2D eigenvalue weighted by Crippen LogP contribution is -2.25. The van der Waals surface area contributed by atoms with Crippen LogP contribution in [0.5, 0.6) is 0 Å². The Morgan fingerprint density at radius 1 is 1.41 bits per heavy atom. The van der Waals surface area contributed by atoms with Crippen LogP contribution in [0.2, 0.25) is 0 Å². The van der Waals surface area contributed by atoms with Crippen LogP contribution in [0.3, 0.4) is 0 Å². The van der Waals surface area contributed by atoms with Crippen molar-refractivity contribution < 1.29 is 4.79 Å². The van der Waals surface area contributed by atoms with E-state index in [1.165, 1.54) is 0 Å². The van der Waals surface area contributed by atoms with Gasteiger partial charge in [0, 0.05) is 12.4 Å². The van der Waals surface area contributed by atoms with Crippen LogP contribution in [0, 0.1) is 12.8 Å². The average molecular weight is 233 g/mol. The number of hydrogen-bond acceptors (Lipinski definition) is 2. The minimum Gasteiger partial charge on any atom is -0.314 e. The smallest absolute Gasteiger partial charge is 0.314 e. The number of urea groups is 1. The third-order valence-corrected chi connectivity index (χ3v) is 2.49. The van der Waals surface area contributed by atoms with E-state index >= 15 is 0 Å². The van der Waals surface area contributed by atoms with Crippen molar-refractivity contribution in [2.24, 2.45) is 5.92 Å². The summed E-state index contributed by atoms with van der Waals surface area (Å²) in [5.74, 6) is 0.969. The van der Waals surface area contributed by atoms with Crippen molar-refractivity contribution in [1.82, 2.24) is 10.3 Å². The minimum atomic E-state index is -0.277. The number of pyridine rings is 1. The van der Waals surface area contributed by atoms with E-state index in [1.54, 1.807) is 18.5 Å². The molecule has 0 saturated heterocycles. The third-order valence-electron chi connectivity index (χ3n) is 2.49. The van der Waals surface area contributed by atoms with E-state index in [9.17, 15) is 4.79 Å². The van der Waals surface area contributed by atoms with Crippen molar-refractivity contribution >= 4 is 11.8 Å². The first kappa shape index (κ1) is 13.2. The Morgan fingerprint density at radius 2 is 2.12 bits per heavy atom. The maximum atomic E-state index is 11.5. The largest absolute Gasteiger partial charge is 0.324 e. The fourth-order valence-electron chi connectivity index (χ4n) is 1.04. The summed E-state index contributed by atoms with van der Waals surface area (Å²) in [7, 11) is 0. The first-order valence-corrected chi connectivity index (χ1v) is 5.66. The Kier molecular flexibility index (Phi) is 4.69. The monoisotopic (exact) mass is 233 g/mol. The molecule has 0 aliphatic rings. The molecule has 0 spiro atoms. The number of aromatic nitrogens is 1. The van der Waals surface area contributed by atoms with Crippen molar-refractivity contribution in [2.75, 3.05) is 5.32 Å². The van der Waals surface area contributed by atoms with Gasteiger partial charge >= 0.3 is 6.03 Å². The maximum absolute atomic E-state index is 11.5. The zero-order chi connectivity index (χ0) is 12.8. The zero-order valence-electron chi connectivity index (χ0n) is 10.7. The number of hydrogen-bond donors (Lipinski definition) is 2. The zero-order valence-corrected chi connectivity index (χ0v) is 10.7. The van der Waals surface area contributed by atoms with Gasteiger partial charge in [0.15, 0.2) is 0 Å². The molecule has 0 bridgehead atoms. The quantitative estimate of drug-likeness (QED) is 0.843. The number of carbonyl (C=O) groups excluding carboxylic acids is 1. The van der Waals surface area contributed by atoms with Crippen molar-refractivity contribution in [3.8, 4) is 0 Å². The van der Waals surface area contributed by atoms with Crippen LogP contribution in [0.15, 0.2) is 30.1 Å². The molecule has 1 rings (SSSR count). The second-order valence-corrected chi connectivity index (χ2v) is 4.36. The van der Waals surface area contributed by atoms with E-state index < -0.39 is 0 Å². The van der Waals surface area contributed by atoms with Crippen LogP contribution in [0.1, 0.15) is 26.3 Å². The van der Waals surface area contributed by atoms with Crippen LogP contribution in [-0.4, -0.2) is 11.0 Å². The fraction of sp³-hybridized carbons (Fsp3) is 0.385. The van der Waals surface area contributed by atoms with E-state index in [4.69, 9.17) is 0 Å². The molecule has 4 nitrogen and oxygen atoms in total. The molecule has 1 aromatic rings. The van der Waals surface area contributed by atoms with Crippen LogP contribution in [0.4, 0.5) is 10.6 Å². The van der Waals surface area contributed by atoms with Gasteiger partial charge in [0.2, 0.25) is 0 Å². The summed E-state index contributed by atoms with van der Waals surface area (Å²) in [6.45, 7) is 8.08. The van der Waals surface area contributed by atoms with Gasteiger partial charge in [-0.15, -0.1) is 0 Å².